The normalized spacial score (nSPS) is 14.7. The molecule has 5 rings (SSSR count). The fourth-order valence-electron chi connectivity index (χ4n) is 4.45. The molecule has 0 aliphatic carbocycles. The molecule has 4 aromatic rings. The van der Waals surface area contributed by atoms with Crippen LogP contribution in [0.3, 0.4) is 0 Å². The molecule has 2 aromatic carbocycles. The monoisotopic (exact) mass is 488 g/mol. The molecule has 0 radical (unpaired) electrons. The van der Waals surface area contributed by atoms with Crippen LogP contribution in [-0.4, -0.2) is 41.7 Å². The number of pyridine rings is 1. The summed E-state index contributed by atoms with van der Waals surface area (Å²) in [4.78, 5) is 19.6. The number of likely N-dealkylation sites (tertiary alicyclic amines) is 1. The molecule has 1 amide bonds. The molecular weight excluding hydrogens is 460 g/mol. The van der Waals surface area contributed by atoms with E-state index in [1.165, 1.54) is 19.3 Å². The number of nitrogens with one attached hydrogen (secondary N) is 1. The van der Waals surface area contributed by atoms with Crippen molar-refractivity contribution in [2.24, 2.45) is 0 Å². The van der Waals surface area contributed by atoms with Crippen LogP contribution in [0.15, 0.2) is 89.0 Å². The minimum Gasteiger partial charge on any atom is -0.348 e. The maximum atomic E-state index is 13.2. The summed E-state index contributed by atoms with van der Waals surface area (Å²) in [7, 11) is -3.62. The molecule has 0 bridgehead atoms. The zero-order chi connectivity index (χ0) is 24.3. The Morgan fingerprint density at radius 1 is 0.914 bits per heavy atom. The van der Waals surface area contributed by atoms with Gasteiger partial charge in [0.05, 0.1) is 15.4 Å². The van der Waals surface area contributed by atoms with Crippen LogP contribution < -0.4 is 5.32 Å². The van der Waals surface area contributed by atoms with E-state index >= 15 is 0 Å². The molecule has 8 heteroatoms. The van der Waals surface area contributed by atoms with Gasteiger partial charge in [0.15, 0.2) is 0 Å². The number of hydrogen-bond donors (Lipinski definition) is 1. The molecule has 180 valence electrons. The molecule has 0 saturated carbocycles. The van der Waals surface area contributed by atoms with Gasteiger partial charge in [-0.15, -0.1) is 0 Å². The zero-order valence-electron chi connectivity index (χ0n) is 19.4. The Hall–Kier alpha value is -3.49. The smallest absolute Gasteiger partial charge is 0.253 e. The lowest BCUT2D eigenvalue weighted by Crippen LogP contribution is -2.29. The third-order valence-electron chi connectivity index (χ3n) is 6.40. The molecule has 1 aliphatic rings. The number of aromatic nitrogens is 2. The molecular formula is C27H28N4O3S. The average Bonchev–Trinajstić information content (AvgIpc) is 3.36. The number of nitrogens with zero attached hydrogens (tertiary/aromatic N) is 3. The second-order valence-electron chi connectivity index (χ2n) is 8.92. The number of imidazole rings is 1. The van der Waals surface area contributed by atoms with Crippen molar-refractivity contribution in [1.82, 2.24) is 19.6 Å². The summed E-state index contributed by atoms with van der Waals surface area (Å²) in [6.07, 6.45) is 8.86. The number of benzene rings is 2. The Morgan fingerprint density at radius 2 is 1.71 bits per heavy atom. The van der Waals surface area contributed by atoms with Gasteiger partial charge >= 0.3 is 0 Å². The van der Waals surface area contributed by atoms with Crippen molar-refractivity contribution < 1.29 is 13.2 Å². The standard InChI is InChI=1S/C27H28N4O3S/c32-27(23-9-12-26-28-13-16-31(26)20-23)29-18-21-7-10-24(11-8-21)35(33,34)25-6-4-5-22(17-25)19-30-14-2-1-3-15-30/h4-13,16-17,20H,1-3,14-15,18-19H2,(H,29,32). The van der Waals surface area contributed by atoms with Crippen LogP contribution in [0.5, 0.6) is 0 Å². The van der Waals surface area contributed by atoms with Gasteiger partial charge in [0.1, 0.15) is 5.65 Å². The summed E-state index contributed by atoms with van der Waals surface area (Å²) in [6.45, 7) is 3.20. The SMILES string of the molecule is O=C(NCc1ccc(S(=O)(=O)c2cccc(CN3CCCCC3)c2)cc1)c1ccc2nccn2c1. The van der Waals surface area contributed by atoms with Crippen molar-refractivity contribution >= 4 is 21.4 Å². The van der Waals surface area contributed by atoms with E-state index in [2.05, 4.69) is 15.2 Å². The second-order valence-corrected chi connectivity index (χ2v) is 10.9. The van der Waals surface area contributed by atoms with Gasteiger partial charge in [-0.3, -0.25) is 9.69 Å². The molecule has 7 nitrogen and oxygen atoms in total. The first-order valence-electron chi connectivity index (χ1n) is 11.9. The van der Waals surface area contributed by atoms with Crippen molar-refractivity contribution in [2.75, 3.05) is 13.1 Å². The van der Waals surface area contributed by atoms with Gasteiger partial charge in [0, 0.05) is 31.7 Å². The van der Waals surface area contributed by atoms with Crippen LogP contribution in [0.4, 0.5) is 0 Å². The van der Waals surface area contributed by atoms with Crippen LogP contribution in [0.25, 0.3) is 5.65 Å². The number of sulfone groups is 1. The van der Waals surface area contributed by atoms with E-state index in [-0.39, 0.29) is 10.8 Å². The van der Waals surface area contributed by atoms with Crippen molar-refractivity contribution in [3.05, 3.63) is 95.9 Å². The highest BCUT2D eigenvalue weighted by Crippen LogP contribution is 2.23. The van der Waals surface area contributed by atoms with Gasteiger partial charge < -0.3 is 9.72 Å². The number of rotatable bonds is 7. The lowest BCUT2D eigenvalue weighted by atomic mass is 10.1. The highest BCUT2D eigenvalue weighted by atomic mass is 32.2. The minimum absolute atomic E-state index is 0.206. The summed E-state index contributed by atoms with van der Waals surface area (Å²) in [6, 6.07) is 17.4. The van der Waals surface area contributed by atoms with Gasteiger partial charge in [0.2, 0.25) is 9.84 Å². The van der Waals surface area contributed by atoms with Crippen LogP contribution in [0.2, 0.25) is 0 Å². The Bertz CT molecular complexity index is 1440. The van der Waals surface area contributed by atoms with Gasteiger partial charge in [-0.1, -0.05) is 30.7 Å². The van der Waals surface area contributed by atoms with E-state index in [1.54, 1.807) is 71.5 Å². The molecule has 1 N–H and O–H groups in total. The van der Waals surface area contributed by atoms with Gasteiger partial charge in [0.25, 0.3) is 5.91 Å². The average molecular weight is 489 g/mol. The minimum atomic E-state index is -3.62. The van der Waals surface area contributed by atoms with Crippen LogP contribution in [0, 0.1) is 0 Å². The molecule has 3 heterocycles. The van der Waals surface area contributed by atoms with E-state index in [4.69, 9.17) is 0 Å². The first-order valence-corrected chi connectivity index (χ1v) is 13.3. The quantitative estimate of drug-likeness (QED) is 0.424. The van der Waals surface area contributed by atoms with Crippen molar-refractivity contribution in [3.8, 4) is 0 Å². The number of hydrogen-bond acceptors (Lipinski definition) is 5. The van der Waals surface area contributed by atoms with E-state index in [9.17, 15) is 13.2 Å². The molecule has 0 spiro atoms. The van der Waals surface area contributed by atoms with Gasteiger partial charge in [-0.25, -0.2) is 13.4 Å². The number of piperidine rings is 1. The van der Waals surface area contributed by atoms with Gasteiger partial charge in [-0.05, 0) is 73.5 Å². The maximum absolute atomic E-state index is 13.2. The van der Waals surface area contributed by atoms with Gasteiger partial charge in [-0.2, -0.15) is 0 Å². The fraction of sp³-hybridized carbons (Fsp3) is 0.259. The zero-order valence-corrected chi connectivity index (χ0v) is 20.2. The topological polar surface area (TPSA) is 83.8 Å². The molecule has 1 saturated heterocycles. The molecule has 1 aliphatic heterocycles. The second kappa shape index (κ2) is 10.0. The molecule has 0 unspecified atom stereocenters. The molecule has 0 atom stereocenters. The number of fused-ring (bicyclic) bond motifs is 1. The number of carbonyl (C=O) groups excluding carboxylic acids is 1. The van der Waals surface area contributed by atoms with Crippen molar-refractivity contribution in [1.29, 1.82) is 0 Å². The van der Waals surface area contributed by atoms with E-state index in [0.717, 1.165) is 36.4 Å². The predicted octanol–water partition coefficient (Wildman–Crippen LogP) is 4.08. The predicted molar refractivity (Wildman–Crippen MR) is 134 cm³/mol. The number of amides is 1. The van der Waals surface area contributed by atoms with Crippen LogP contribution in [0.1, 0.15) is 40.7 Å². The third kappa shape index (κ3) is 5.28. The highest BCUT2D eigenvalue weighted by molar-refractivity contribution is 7.91. The summed E-state index contributed by atoms with van der Waals surface area (Å²) < 4.78 is 28.3. The summed E-state index contributed by atoms with van der Waals surface area (Å²) in [5, 5.41) is 2.88. The summed E-state index contributed by atoms with van der Waals surface area (Å²) >= 11 is 0. The lowest BCUT2D eigenvalue weighted by Gasteiger charge is -2.26. The third-order valence-corrected chi connectivity index (χ3v) is 8.17. The first kappa shape index (κ1) is 23.3. The fourth-order valence-corrected chi connectivity index (χ4v) is 5.78. The number of carbonyl (C=O) groups is 1. The Balaban J connectivity index is 1.24. The maximum Gasteiger partial charge on any atom is 0.253 e. The van der Waals surface area contributed by atoms with Crippen LogP contribution >= 0.6 is 0 Å². The first-order chi connectivity index (χ1) is 17.0. The highest BCUT2D eigenvalue weighted by Gasteiger charge is 2.19. The summed E-state index contributed by atoms with van der Waals surface area (Å²) in [5.41, 5.74) is 3.13. The Kier molecular flexibility index (Phi) is 6.66. The van der Waals surface area contributed by atoms with E-state index in [1.807, 2.05) is 12.1 Å². The van der Waals surface area contributed by atoms with Crippen molar-refractivity contribution in [2.45, 2.75) is 42.1 Å². The molecule has 35 heavy (non-hydrogen) atoms. The van der Waals surface area contributed by atoms with E-state index < -0.39 is 9.84 Å². The van der Waals surface area contributed by atoms with Crippen molar-refractivity contribution in [3.63, 3.8) is 0 Å². The Morgan fingerprint density at radius 3 is 2.51 bits per heavy atom. The van der Waals surface area contributed by atoms with Crippen LogP contribution in [-0.2, 0) is 22.9 Å². The Labute approximate surface area is 205 Å². The lowest BCUT2D eigenvalue weighted by molar-refractivity contribution is 0.0950. The molecule has 2 aromatic heterocycles. The summed E-state index contributed by atoms with van der Waals surface area (Å²) in [5.74, 6) is -0.206. The largest absolute Gasteiger partial charge is 0.348 e. The molecule has 1 fully saturated rings. The van der Waals surface area contributed by atoms with E-state index in [0.29, 0.717) is 17.0 Å².